The van der Waals surface area contributed by atoms with Crippen molar-refractivity contribution < 1.29 is 28.9 Å². The summed E-state index contributed by atoms with van der Waals surface area (Å²) in [5, 5.41) is 17.4. The largest absolute Gasteiger partial charge is 0.488 e. The van der Waals surface area contributed by atoms with Gasteiger partial charge in [-0.15, -0.1) is 0 Å². The number of carbonyl (C=O) groups is 2. The highest BCUT2D eigenvalue weighted by molar-refractivity contribution is 5.70. The first-order valence-electron chi connectivity index (χ1n) is 12.2. The van der Waals surface area contributed by atoms with Gasteiger partial charge >= 0.3 is 12.1 Å². The highest BCUT2D eigenvalue weighted by Gasteiger charge is 2.32. The van der Waals surface area contributed by atoms with Crippen LogP contribution >= 0.6 is 0 Å². The lowest BCUT2D eigenvalue weighted by Crippen LogP contribution is -2.29. The van der Waals surface area contributed by atoms with Crippen molar-refractivity contribution in [3.05, 3.63) is 23.5 Å². The van der Waals surface area contributed by atoms with E-state index in [4.69, 9.17) is 19.2 Å². The van der Waals surface area contributed by atoms with Gasteiger partial charge < -0.3 is 24.2 Å². The fraction of sp³-hybridized carbons (Fsp3) is 0.625. The summed E-state index contributed by atoms with van der Waals surface area (Å²) in [4.78, 5) is 29.8. The second kappa shape index (κ2) is 10.9. The normalized spacial score (nSPS) is 19.7. The van der Waals surface area contributed by atoms with Crippen molar-refractivity contribution in [1.29, 1.82) is 0 Å². The summed E-state index contributed by atoms with van der Waals surface area (Å²) in [6.07, 6.45) is 5.19. The molecule has 0 radical (unpaired) electrons. The number of carbonyl (C=O) groups excluding carboxylic acids is 1. The average molecular weight is 488 g/mol. The van der Waals surface area contributed by atoms with E-state index < -0.39 is 12.1 Å². The van der Waals surface area contributed by atoms with Crippen molar-refractivity contribution in [2.24, 2.45) is 13.0 Å². The molecule has 1 unspecified atom stereocenters. The molecule has 1 N–H and O–H groups in total. The molecule has 2 aromatic rings. The molecule has 1 amide bonds. The number of hydrogen-bond donors (Lipinski definition) is 1. The molecular formula is C24H33N5O6. The van der Waals surface area contributed by atoms with Crippen molar-refractivity contribution in [2.45, 2.75) is 70.5 Å². The number of ether oxygens (including phenoxy) is 3. The van der Waals surface area contributed by atoms with E-state index in [2.05, 4.69) is 10.3 Å². The molecule has 2 atom stereocenters. The number of aliphatic carboxylic acids is 1. The lowest BCUT2D eigenvalue weighted by atomic mass is 9.87. The molecule has 2 aliphatic carbocycles. The Hall–Kier alpha value is -3.37. The molecule has 11 heteroatoms. The number of aryl methyl sites for hydroxylation is 1. The van der Waals surface area contributed by atoms with Gasteiger partial charge in [-0.3, -0.25) is 4.79 Å². The van der Waals surface area contributed by atoms with Gasteiger partial charge in [0.1, 0.15) is 18.1 Å². The van der Waals surface area contributed by atoms with Crippen LogP contribution in [0.15, 0.2) is 12.1 Å². The van der Waals surface area contributed by atoms with Gasteiger partial charge in [-0.2, -0.15) is 0 Å². The molecule has 2 heterocycles. The van der Waals surface area contributed by atoms with E-state index in [-0.39, 0.29) is 24.5 Å². The van der Waals surface area contributed by atoms with E-state index in [1.54, 1.807) is 20.2 Å². The fourth-order valence-electron chi connectivity index (χ4n) is 4.26. The van der Waals surface area contributed by atoms with Gasteiger partial charge in [0.2, 0.25) is 5.88 Å². The van der Waals surface area contributed by atoms with Gasteiger partial charge in [-0.25, -0.2) is 14.5 Å². The summed E-state index contributed by atoms with van der Waals surface area (Å²) in [6.45, 7) is 2.56. The standard InChI is InChI=1S/C24H33N5O6/c1-4-12-28(2)24(32)33-14-18-22(26-27-29(18)3)35-20-11-10-19(21(25-20)15-8-9-15)34-17-7-5-6-16(13-17)23(30)31/h10-11,15-17H,4-9,12-14H2,1-3H3,(H,30,31)/t16-,17?/m0/s1. The molecule has 0 aromatic carbocycles. The molecule has 11 nitrogen and oxygen atoms in total. The molecule has 0 bridgehead atoms. The number of nitrogens with zero attached hydrogens (tertiary/aromatic N) is 5. The van der Waals surface area contributed by atoms with Crippen LogP contribution in [-0.2, 0) is 23.2 Å². The van der Waals surface area contributed by atoms with Crippen LogP contribution in [-0.4, -0.2) is 61.7 Å². The maximum atomic E-state index is 12.1. The third-order valence-electron chi connectivity index (χ3n) is 6.40. The Morgan fingerprint density at radius 1 is 1.23 bits per heavy atom. The van der Waals surface area contributed by atoms with Crippen LogP contribution in [0.1, 0.15) is 69.2 Å². The third kappa shape index (κ3) is 6.20. The highest BCUT2D eigenvalue weighted by atomic mass is 16.6. The Morgan fingerprint density at radius 2 is 2.03 bits per heavy atom. The molecule has 4 rings (SSSR count). The SMILES string of the molecule is CCCN(C)C(=O)OCc1c(Oc2ccc(OC3CCC[C@H](C(=O)O)C3)c(C3CC3)n2)nnn1C. The smallest absolute Gasteiger partial charge is 0.409 e. The van der Waals surface area contributed by atoms with Gasteiger partial charge in [0.15, 0.2) is 0 Å². The fourth-order valence-corrected chi connectivity index (χ4v) is 4.26. The van der Waals surface area contributed by atoms with E-state index in [0.717, 1.165) is 37.8 Å². The summed E-state index contributed by atoms with van der Waals surface area (Å²) < 4.78 is 19.1. The maximum Gasteiger partial charge on any atom is 0.409 e. The molecule has 0 spiro atoms. The predicted octanol–water partition coefficient (Wildman–Crippen LogP) is 3.88. The number of hydrogen-bond acceptors (Lipinski definition) is 8. The molecule has 2 aromatic heterocycles. The summed E-state index contributed by atoms with van der Waals surface area (Å²) in [6, 6.07) is 3.54. The average Bonchev–Trinajstić information content (AvgIpc) is 3.63. The maximum absolute atomic E-state index is 12.1. The van der Waals surface area contributed by atoms with Crippen LogP contribution < -0.4 is 9.47 Å². The van der Waals surface area contributed by atoms with Gasteiger partial charge in [0, 0.05) is 32.6 Å². The van der Waals surface area contributed by atoms with Gasteiger partial charge in [-0.1, -0.05) is 17.2 Å². The van der Waals surface area contributed by atoms with Crippen LogP contribution in [0.5, 0.6) is 17.5 Å². The molecular weight excluding hydrogens is 454 g/mol. The number of rotatable bonds is 10. The second-order valence-electron chi connectivity index (χ2n) is 9.29. The van der Waals surface area contributed by atoms with Crippen molar-refractivity contribution >= 4 is 12.1 Å². The lowest BCUT2D eigenvalue weighted by Gasteiger charge is -2.28. The van der Waals surface area contributed by atoms with E-state index in [0.29, 0.717) is 42.6 Å². The lowest BCUT2D eigenvalue weighted by molar-refractivity contribution is -0.143. The van der Waals surface area contributed by atoms with E-state index in [1.807, 2.05) is 13.0 Å². The quantitative estimate of drug-likeness (QED) is 0.531. The summed E-state index contributed by atoms with van der Waals surface area (Å²) >= 11 is 0. The van der Waals surface area contributed by atoms with E-state index in [1.165, 1.54) is 9.58 Å². The minimum atomic E-state index is -0.759. The molecule has 35 heavy (non-hydrogen) atoms. The third-order valence-corrected chi connectivity index (χ3v) is 6.40. The first-order valence-corrected chi connectivity index (χ1v) is 12.2. The van der Waals surface area contributed by atoms with Crippen LogP contribution in [0.3, 0.4) is 0 Å². The number of carboxylic acid groups (broad SMARTS) is 1. The Labute approximate surface area is 204 Å². The zero-order valence-electron chi connectivity index (χ0n) is 20.5. The Kier molecular flexibility index (Phi) is 7.72. The molecule has 2 saturated carbocycles. The Morgan fingerprint density at radius 3 is 2.74 bits per heavy atom. The topological polar surface area (TPSA) is 129 Å². The first kappa shape index (κ1) is 24.7. The van der Waals surface area contributed by atoms with Crippen molar-refractivity contribution in [2.75, 3.05) is 13.6 Å². The molecule has 0 aliphatic heterocycles. The van der Waals surface area contributed by atoms with Crippen LogP contribution in [0.25, 0.3) is 0 Å². The van der Waals surface area contributed by atoms with Crippen molar-refractivity contribution in [3.8, 4) is 17.5 Å². The number of carboxylic acids is 1. The minimum Gasteiger partial charge on any atom is -0.488 e. The summed E-state index contributed by atoms with van der Waals surface area (Å²) in [7, 11) is 3.39. The summed E-state index contributed by atoms with van der Waals surface area (Å²) in [5.41, 5.74) is 1.33. The monoisotopic (exact) mass is 487 g/mol. The van der Waals surface area contributed by atoms with E-state index in [9.17, 15) is 14.7 Å². The zero-order valence-corrected chi connectivity index (χ0v) is 20.5. The van der Waals surface area contributed by atoms with Crippen LogP contribution in [0.2, 0.25) is 0 Å². The van der Waals surface area contributed by atoms with Gasteiger partial charge in [0.25, 0.3) is 5.88 Å². The number of aromatic nitrogens is 4. The number of amides is 1. The molecule has 2 fully saturated rings. The van der Waals surface area contributed by atoms with Crippen molar-refractivity contribution in [1.82, 2.24) is 24.9 Å². The second-order valence-corrected chi connectivity index (χ2v) is 9.29. The van der Waals surface area contributed by atoms with E-state index >= 15 is 0 Å². The zero-order chi connectivity index (χ0) is 24.9. The first-order chi connectivity index (χ1) is 16.9. The van der Waals surface area contributed by atoms with Crippen LogP contribution in [0, 0.1) is 5.92 Å². The molecule has 0 saturated heterocycles. The Bertz CT molecular complexity index is 1050. The number of pyridine rings is 1. The van der Waals surface area contributed by atoms with Gasteiger partial charge in [0.05, 0.1) is 17.7 Å². The highest BCUT2D eigenvalue weighted by Crippen LogP contribution is 2.45. The molecule has 190 valence electrons. The van der Waals surface area contributed by atoms with Crippen molar-refractivity contribution in [3.63, 3.8) is 0 Å². The minimum absolute atomic E-state index is 0.0329. The summed E-state index contributed by atoms with van der Waals surface area (Å²) in [5.74, 6) is 0.428. The van der Waals surface area contributed by atoms with Crippen LogP contribution in [0.4, 0.5) is 4.79 Å². The van der Waals surface area contributed by atoms with Gasteiger partial charge in [-0.05, 0) is 51.0 Å². The Balaban J connectivity index is 1.45. The predicted molar refractivity (Wildman–Crippen MR) is 124 cm³/mol. The molecule has 2 aliphatic rings.